The molecule has 19 heavy (non-hydrogen) atoms. The molecule has 0 aliphatic rings. The fourth-order valence-corrected chi connectivity index (χ4v) is 1.80. The van der Waals surface area contributed by atoms with E-state index >= 15 is 0 Å². The highest BCUT2D eigenvalue weighted by Gasteiger charge is 2.07. The van der Waals surface area contributed by atoms with Gasteiger partial charge in [0.05, 0.1) is 17.4 Å². The van der Waals surface area contributed by atoms with Crippen LogP contribution in [0.4, 0.5) is 5.69 Å². The number of nitrogens with zero attached hydrogens (tertiary/aromatic N) is 1. The molecule has 2 aromatic heterocycles. The van der Waals surface area contributed by atoms with Crippen LogP contribution in [0, 0.1) is 0 Å². The fourth-order valence-electron chi connectivity index (χ4n) is 1.80. The van der Waals surface area contributed by atoms with Crippen molar-refractivity contribution >= 4 is 22.6 Å². The number of aromatic nitrogens is 3. The van der Waals surface area contributed by atoms with E-state index in [1.165, 1.54) is 12.3 Å². The molecular formula is C13H10N4O2. The van der Waals surface area contributed by atoms with Gasteiger partial charge in [0.2, 0.25) is 5.56 Å². The summed E-state index contributed by atoms with van der Waals surface area (Å²) in [6, 6.07) is 8.15. The number of benzene rings is 1. The zero-order valence-electron chi connectivity index (χ0n) is 9.81. The molecule has 6 heteroatoms. The molecule has 0 spiro atoms. The average molecular weight is 254 g/mol. The van der Waals surface area contributed by atoms with Crippen molar-refractivity contribution in [3.63, 3.8) is 0 Å². The van der Waals surface area contributed by atoms with Crippen molar-refractivity contribution in [1.82, 2.24) is 15.0 Å². The van der Waals surface area contributed by atoms with E-state index in [2.05, 4.69) is 20.3 Å². The summed E-state index contributed by atoms with van der Waals surface area (Å²) in [5.41, 5.74) is 2.31. The van der Waals surface area contributed by atoms with Crippen LogP contribution >= 0.6 is 0 Å². The van der Waals surface area contributed by atoms with Gasteiger partial charge in [-0.1, -0.05) is 0 Å². The molecule has 0 aliphatic carbocycles. The van der Waals surface area contributed by atoms with Crippen LogP contribution in [0.5, 0.6) is 0 Å². The number of amides is 1. The van der Waals surface area contributed by atoms with Crippen molar-refractivity contribution in [2.75, 3.05) is 5.32 Å². The van der Waals surface area contributed by atoms with Gasteiger partial charge in [0.15, 0.2) is 0 Å². The molecule has 0 fully saturated rings. The van der Waals surface area contributed by atoms with Gasteiger partial charge in [0, 0.05) is 23.5 Å². The molecule has 3 rings (SSSR count). The lowest BCUT2D eigenvalue weighted by Gasteiger charge is -2.04. The lowest BCUT2D eigenvalue weighted by Crippen LogP contribution is -2.15. The topological polar surface area (TPSA) is 90.6 Å². The number of imidazole rings is 1. The van der Waals surface area contributed by atoms with E-state index in [4.69, 9.17) is 0 Å². The first-order valence-corrected chi connectivity index (χ1v) is 5.65. The van der Waals surface area contributed by atoms with E-state index in [9.17, 15) is 9.59 Å². The molecule has 0 atom stereocenters. The summed E-state index contributed by atoms with van der Waals surface area (Å²) in [6.07, 6.45) is 3.03. The predicted molar refractivity (Wildman–Crippen MR) is 71.1 cm³/mol. The largest absolute Gasteiger partial charge is 0.345 e. The first-order chi connectivity index (χ1) is 9.22. The van der Waals surface area contributed by atoms with Crippen molar-refractivity contribution < 1.29 is 4.79 Å². The van der Waals surface area contributed by atoms with Gasteiger partial charge in [-0.15, -0.1) is 0 Å². The maximum atomic E-state index is 12.0. The van der Waals surface area contributed by atoms with Gasteiger partial charge in [0.25, 0.3) is 5.91 Å². The molecule has 1 amide bonds. The summed E-state index contributed by atoms with van der Waals surface area (Å²) < 4.78 is 0. The Labute approximate surface area is 107 Å². The Morgan fingerprint density at radius 3 is 2.89 bits per heavy atom. The Kier molecular flexibility index (Phi) is 2.60. The molecule has 2 heterocycles. The Balaban J connectivity index is 1.88. The van der Waals surface area contributed by atoms with Crippen LogP contribution in [-0.2, 0) is 0 Å². The van der Waals surface area contributed by atoms with Gasteiger partial charge in [-0.05, 0) is 24.3 Å². The molecule has 1 aromatic carbocycles. The molecule has 3 aromatic rings. The molecule has 0 radical (unpaired) electrons. The van der Waals surface area contributed by atoms with Crippen LogP contribution in [0.2, 0.25) is 0 Å². The van der Waals surface area contributed by atoms with E-state index in [0.29, 0.717) is 11.3 Å². The summed E-state index contributed by atoms with van der Waals surface area (Å²) >= 11 is 0. The minimum absolute atomic E-state index is 0.309. The second-order valence-electron chi connectivity index (χ2n) is 4.03. The zero-order valence-corrected chi connectivity index (χ0v) is 9.81. The van der Waals surface area contributed by atoms with Gasteiger partial charge in [0.1, 0.15) is 0 Å². The second-order valence-corrected chi connectivity index (χ2v) is 4.03. The highest BCUT2D eigenvalue weighted by molar-refractivity contribution is 6.04. The van der Waals surface area contributed by atoms with E-state index < -0.39 is 0 Å². The van der Waals surface area contributed by atoms with Crippen LogP contribution in [0.3, 0.4) is 0 Å². The summed E-state index contributed by atoms with van der Waals surface area (Å²) in [7, 11) is 0. The number of carbonyl (C=O) groups excluding carboxylic acids is 1. The molecule has 0 saturated heterocycles. The number of carbonyl (C=O) groups is 1. The van der Waals surface area contributed by atoms with E-state index in [-0.39, 0.29) is 11.5 Å². The number of nitrogens with one attached hydrogen (secondary N) is 3. The molecule has 0 saturated carbocycles. The highest BCUT2D eigenvalue weighted by atomic mass is 16.2. The number of fused-ring (bicyclic) bond motifs is 1. The van der Waals surface area contributed by atoms with Gasteiger partial charge in [-0.2, -0.15) is 0 Å². The van der Waals surface area contributed by atoms with Crippen LogP contribution in [0.25, 0.3) is 11.0 Å². The third kappa shape index (κ3) is 2.23. The summed E-state index contributed by atoms with van der Waals surface area (Å²) in [5, 5.41) is 2.73. The number of hydrogen-bond acceptors (Lipinski definition) is 3. The molecule has 0 unspecified atom stereocenters. The van der Waals surface area contributed by atoms with Gasteiger partial charge in [-0.3, -0.25) is 9.59 Å². The second kappa shape index (κ2) is 4.41. The van der Waals surface area contributed by atoms with Gasteiger partial charge >= 0.3 is 0 Å². The van der Waals surface area contributed by atoms with Crippen LogP contribution in [0.15, 0.2) is 47.7 Å². The Bertz CT molecular complexity index is 803. The van der Waals surface area contributed by atoms with Gasteiger partial charge in [-0.25, -0.2) is 4.98 Å². The third-order valence-electron chi connectivity index (χ3n) is 2.72. The lowest BCUT2D eigenvalue weighted by molar-refractivity contribution is 0.102. The smallest absolute Gasteiger partial charge is 0.255 e. The Morgan fingerprint density at radius 1 is 1.16 bits per heavy atom. The summed E-state index contributed by atoms with van der Waals surface area (Å²) in [4.78, 5) is 32.6. The first kappa shape index (κ1) is 11.2. The number of hydrogen-bond donors (Lipinski definition) is 3. The summed E-state index contributed by atoms with van der Waals surface area (Å²) in [5.74, 6) is -0.329. The normalized spacial score (nSPS) is 10.5. The maximum Gasteiger partial charge on any atom is 0.255 e. The van der Waals surface area contributed by atoms with Crippen molar-refractivity contribution in [2.24, 2.45) is 0 Å². The standard InChI is InChI=1S/C13H10N4O2/c18-12-5-8(3-4-14-12)13(19)17-9-1-2-10-11(6-9)16-7-15-10/h1-7H,(H,14,18)(H,15,16)(H,17,19). The highest BCUT2D eigenvalue weighted by Crippen LogP contribution is 2.16. The molecule has 0 bridgehead atoms. The summed E-state index contributed by atoms with van der Waals surface area (Å²) in [6.45, 7) is 0. The SMILES string of the molecule is O=C(Nc1ccc2nc[nH]c2c1)c1cc[nH]c(=O)c1. The molecule has 6 nitrogen and oxygen atoms in total. The molecule has 94 valence electrons. The van der Waals surface area contributed by atoms with Crippen LogP contribution in [0.1, 0.15) is 10.4 Å². The van der Waals surface area contributed by atoms with Crippen LogP contribution in [-0.4, -0.2) is 20.9 Å². The Morgan fingerprint density at radius 2 is 2.05 bits per heavy atom. The van der Waals surface area contributed by atoms with Crippen molar-refractivity contribution in [3.05, 3.63) is 58.8 Å². The zero-order chi connectivity index (χ0) is 13.2. The maximum absolute atomic E-state index is 12.0. The molecule has 3 N–H and O–H groups in total. The average Bonchev–Trinajstić information content (AvgIpc) is 2.86. The minimum Gasteiger partial charge on any atom is -0.345 e. The quantitative estimate of drug-likeness (QED) is 0.647. The first-order valence-electron chi connectivity index (χ1n) is 5.65. The fraction of sp³-hybridized carbons (Fsp3) is 0. The van der Waals surface area contributed by atoms with E-state index in [1.807, 2.05) is 0 Å². The predicted octanol–water partition coefficient (Wildman–Crippen LogP) is 1.50. The van der Waals surface area contributed by atoms with Crippen molar-refractivity contribution in [2.45, 2.75) is 0 Å². The number of pyridine rings is 1. The van der Waals surface area contributed by atoms with Crippen molar-refractivity contribution in [1.29, 1.82) is 0 Å². The van der Waals surface area contributed by atoms with E-state index in [0.717, 1.165) is 11.0 Å². The lowest BCUT2D eigenvalue weighted by atomic mass is 10.2. The Hall–Kier alpha value is -2.89. The monoisotopic (exact) mass is 254 g/mol. The van der Waals surface area contributed by atoms with Crippen LogP contribution < -0.4 is 10.9 Å². The number of anilines is 1. The molecule has 0 aliphatic heterocycles. The number of rotatable bonds is 2. The minimum atomic E-state index is -0.329. The third-order valence-corrected chi connectivity index (χ3v) is 2.72. The van der Waals surface area contributed by atoms with Gasteiger partial charge < -0.3 is 15.3 Å². The van der Waals surface area contributed by atoms with E-state index in [1.54, 1.807) is 30.6 Å². The van der Waals surface area contributed by atoms with Crippen molar-refractivity contribution in [3.8, 4) is 0 Å². The molecular weight excluding hydrogens is 244 g/mol. The number of H-pyrrole nitrogens is 2. The number of aromatic amines is 2.